The minimum absolute atomic E-state index is 0.736. The van der Waals surface area contributed by atoms with Gasteiger partial charge in [0.25, 0.3) is 0 Å². The van der Waals surface area contributed by atoms with Crippen LogP contribution in [0.15, 0.2) is 61.1 Å². The monoisotopic (exact) mass is 327 g/mol. The Balaban J connectivity index is 1.66. The summed E-state index contributed by atoms with van der Waals surface area (Å²) < 4.78 is 0. The molecule has 7 nitrogen and oxygen atoms in total. The predicted octanol–water partition coefficient (Wildman–Crippen LogP) is 3.41. The number of nitrogens with one attached hydrogen (secondary N) is 3. The molecule has 0 aliphatic carbocycles. The third-order valence-corrected chi connectivity index (χ3v) is 4.20. The molecule has 0 radical (unpaired) electrons. The van der Waals surface area contributed by atoms with E-state index in [2.05, 4.69) is 53.8 Å². The molecule has 3 N–H and O–H groups in total. The predicted molar refractivity (Wildman–Crippen MR) is 94.5 cm³/mol. The highest BCUT2D eigenvalue weighted by Crippen LogP contribution is 2.31. The van der Waals surface area contributed by atoms with Gasteiger partial charge < -0.3 is 0 Å². The van der Waals surface area contributed by atoms with Crippen LogP contribution in [0.25, 0.3) is 44.8 Å². The third-order valence-electron chi connectivity index (χ3n) is 4.20. The van der Waals surface area contributed by atoms with E-state index in [0.717, 1.165) is 44.8 Å². The molecule has 0 amide bonds. The molecule has 5 aromatic rings. The maximum Gasteiger partial charge on any atom is 0.155 e. The van der Waals surface area contributed by atoms with Gasteiger partial charge in [0.15, 0.2) is 5.82 Å². The van der Waals surface area contributed by atoms with Crippen molar-refractivity contribution in [2.75, 3.05) is 0 Å². The van der Waals surface area contributed by atoms with Crippen molar-refractivity contribution >= 4 is 10.9 Å². The van der Waals surface area contributed by atoms with Crippen molar-refractivity contribution in [3.05, 3.63) is 61.1 Å². The fourth-order valence-corrected chi connectivity index (χ4v) is 2.98. The van der Waals surface area contributed by atoms with Crippen LogP contribution in [-0.2, 0) is 0 Å². The number of fused-ring (bicyclic) bond motifs is 1. The standard InChI is InChI=1S/C18H13N7/c1-2-11(15-6-7-20-22-15)8-12(3-1)17-14-9-13(18-19-10-21-25-18)4-5-16(14)23-24-17/h1-10H,(H,20,22)(H,23,24)(H,19,21,25). The first-order valence-electron chi connectivity index (χ1n) is 7.82. The van der Waals surface area contributed by atoms with Crippen LogP contribution in [0, 0.1) is 0 Å². The van der Waals surface area contributed by atoms with Gasteiger partial charge in [-0.1, -0.05) is 18.2 Å². The number of H-pyrrole nitrogens is 3. The van der Waals surface area contributed by atoms with Crippen LogP contribution in [0.1, 0.15) is 0 Å². The number of hydrogen-bond acceptors (Lipinski definition) is 4. The quantitative estimate of drug-likeness (QED) is 0.473. The average Bonchev–Trinajstić information content (AvgIpc) is 3.42. The molecule has 25 heavy (non-hydrogen) atoms. The van der Waals surface area contributed by atoms with E-state index in [1.165, 1.54) is 6.33 Å². The molecule has 0 spiro atoms. The van der Waals surface area contributed by atoms with Gasteiger partial charge in [-0.05, 0) is 30.3 Å². The van der Waals surface area contributed by atoms with E-state index in [4.69, 9.17) is 0 Å². The number of rotatable bonds is 3. The molecule has 0 saturated heterocycles. The number of aromatic amines is 3. The first-order valence-corrected chi connectivity index (χ1v) is 7.82. The molecule has 3 heterocycles. The SMILES string of the molecule is c1cc(-c2ccn[nH]2)cc(-c2n[nH]c3ccc(-c4ncn[nH]4)cc23)c1. The van der Waals surface area contributed by atoms with Crippen LogP contribution in [0.4, 0.5) is 0 Å². The van der Waals surface area contributed by atoms with Gasteiger partial charge in [0.05, 0.1) is 16.9 Å². The molecule has 0 atom stereocenters. The summed E-state index contributed by atoms with van der Waals surface area (Å²) in [5.74, 6) is 0.736. The van der Waals surface area contributed by atoms with Crippen LogP contribution in [0.5, 0.6) is 0 Å². The third kappa shape index (κ3) is 2.29. The van der Waals surface area contributed by atoms with Crippen molar-refractivity contribution in [1.82, 2.24) is 35.6 Å². The van der Waals surface area contributed by atoms with Crippen molar-refractivity contribution in [2.24, 2.45) is 0 Å². The van der Waals surface area contributed by atoms with Gasteiger partial charge in [-0.15, -0.1) is 0 Å². The fourth-order valence-electron chi connectivity index (χ4n) is 2.98. The summed E-state index contributed by atoms with van der Waals surface area (Å²) in [7, 11) is 0. The van der Waals surface area contributed by atoms with Gasteiger partial charge in [-0.2, -0.15) is 15.3 Å². The van der Waals surface area contributed by atoms with E-state index >= 15 is 0 Å². The van der Waals surface area contributed by atoms with E-state index in [9.17, 15) is 0 Å². The Morgan fingerprint density at radius 2 is 1.72 bits per heavy atom. The summed E-state index contributed by atoms with van der Waals surface area (Å²) in [6.07, 6.45) is 3.25. The molecule has 0 bridgehead atoms. The summed E-state index contributed by atoms with van der Waals surface area (Å²) in [5.41, 5.74) is 5.93. The lowest BCUT2D eigenvalue weighted by Crippen LogP contribution is -1.84. The Labute approximate surface area is 142 Å². The van der Waals surface area contributed by atoms with Crippen LogP contribution >= 0.6 is 0 Å². The van der Waals surface area contributed by atoms with E-state index < -0.39 is 0 Å². The van der Waals surface area contributed by atoms with Crippen molar-refractivity contribution < 1.29 is 0 Å². The van der Waals surface area contributed by atoms with Crippen molar-refractivity contribution in [3.8, 4) is 33.9 Å². The van der Waals surface area contributed by atoms with Crippen LogP contribution in [0.3, 0.4) is 0 Å². The molecule has 0 fully saturated rings. The lowest BCUT2D eigenvalue weighted by molar-refractivity contribution is 1.09. The maximum absolute atomic E-state index is 4.51. The van der Waals surface area contributed by atoms with Crippen molar-refractivity contribution in [1.29, 1.82) is 0 Å². The maximum atomic E-state index is 4.51. The molecule has 0 aliphatic rings. The summed E-state index contributed by atoms with van der Waals surface area (Å²) in [6.45, 7) is 0. The van der Waals surface area contributed by atoms with Gasteiger partial charge >= 0.3 is 0 Å². The zero-order valence-corrected chi connectivity index (χ0v) is 13.1. The summed E-state index contributed by atoms with van der Waals surface area (Å²) in [4.78, 5) is 4.22. The highest BCUT2D eigenvalue weighted by atomic mass is 15.2. The molecule has 0 unspecified atom stereocenters. The molecule has 5 rings (SSSR count). The minimum atomic E-state index is 0.736. The number of benzene rings is 2. The molecule has 0 aliphatic heterocycles. The lowest BCUT2D eigenvalue weighted by atomic mass is 10.0. The number of nitrogens with zero attached hydrogens (tertiary/aromatic N) is 4. The Hall–Kier alpha value is -3.74. The van der Waals surface area contributed by atoms with Crippen LogP contribution < -0.4 is 0 Å². The topological polar surface area (TPSA) is 98.9 Å². The molecule has 2 aromatic carbocycles. The summed E-state index contributed by atoms with van der Waals surface area (Å²) in [5, 5.41) is 22.5. The smallest absolute Gasteiger partial charge is 0.155 e. The molecule has 3 aromatic heterocycles. The number of hydrogen-bond donors (Lipinski definition) is 3. The average molecular weight is 327 g/mol. The first kappa shape index (κ1) is 13.7. The van der Waals surface area contributed by atoms with Gasteiger partial charge in [0.1, 0.15) is 6.33 Å². The minimum Gasteiger partial charge on any atom is -0.278 e. The molecule has 0 saturated carbocycles. The second-order valence-electron chi connectivity index (χ2n) is 5.72. The van der Waals surface area contributed by atoms with E-state index in [1.807, 2.05) is 30.3 Å². The van der Waals surface area contributed by atoms with E-state index in [0.29, 0.717) is 0 Å². The second-order valence-corrected chi connectivity index (χ2v) is 5.72. The normalized spacial score (nSPS) is 11.2. The highest BCUT2D eigenvalue weighted by Gasteiger charge is 2.11. The summed E-state index contributed by atoms with van der Waals surface area (Å²) >= 11 is 0. The Kier molecular flexibility index (Phi) is 2.96. The molecular weight excluding hydrogens is 314 g/mol. The molecule has 7 heteroatoms. The summed E-state index contributed by atoms with van der Waals surface area (Å²) in [6, 6.07) is 16.2. The van der Waals surface area contributed by atoms with Gasteiger partial charge in [-0.3, -0.25) is 15.3 Å². The second kappa shape index (κ2) is 5.41. The fraction of sp³-hybridized carbons (Fsp3) is 0. The van der Waals surface area contributed by atoms with Gasteiger partial charge in [0.2, 0.25) is 0 Å². The van der Waals surface area contributed by atoms with Crippen LogP contribution in [0.2, 0.25) is 0 Å². The first-order chi connectivity index (χ1) is 12.4. The molecular formula is C18H13N7. The largest absolute Gasteiger partial charge is 0.278 e. The number of aromatic nitrogens is 7. The van der Waals surface area contributed by atoms with Crippen molar-refractivity contribution in [2.45, 2.75) is 0 Å². The zero-order valence-electron chi connectivity index (χ0n) is 13.1. The van der Waals surface area contributed by atoms with Crippen molar-refractivity contribution in [3.63, 3.8) is 0 Å². The highest BCUT2D eigenvalue weighted by molar-refractivity contribution is 5.95. The van der Waals surface area contributed by atoms with Gasteiger partial charge in [-0.25, -0.2) is 4.98 Å². The molecule has 120 valence electrons. The lowest BCUT2D eigenvalue weighted by Gasteiger charge is -2.03. The van der Waals surface area contributed by atoms with Crippen LogP contribution in [-0.4, -0.2) is 35.6 Å². The Morgan fingerprint density at radius 1 is 0.760 bits per heavy atom. The Bertz CT molecular complexity index is 1140. The van der Waals surface area contributed by atoms with E-state index in [-0.39, 0.29) is 0 Å². The zero-order chi connectivity index (χ0) is 16.6. The Morgan fingerprint density at radius 3 is 2.56 bits per heavy atom. The van der Waals surface area contributed by atoms with Gasteiger partial charge in [0, 0.05) is 28.3 Å². The van der Waals surface area contributed by atoms with E-state index in [1.54, 1.807) is 6.20 Å².